The molecule has 0 spiro atoms. The van der Waals surface area contributed by atoms with E-state index in [0.717, 1.165) is 19.3 Å². The van der Waals surface area contributed by atoms with Crippen LogP contribution in [0.15, 0.2) is 0 Å². The largest absolute Gasteiger partial charge is 0.382 e. The number of piperazine rings is 1. The van der Waals surface area contributed by atoms with Crippen LogP contribution in [-0.4, -0.2) is 48.6 Å². The summed E-state index contributed by atoms with van der Waals surface area (Å²) in [6.07, 6.45) is 6.50. The minimum atomic E-state index is -0.399. The van der Waals surface area contributed by atoms with Gasteiger partial charge in [-0.2, -0.15) is 0 Å². The lowest BCUT2D eigenvalue weighted by molar-refractivity contribution is -0.151. The second-order valence-corrected chi connectivity index (χ2v) is 6.16. The van der Waals surface area contributed by atoms with Crippen LogP contribution in [0.25, 0.3) is 0 Å². The molecule has 5 nitrogen and oxygen atoms in total. The van der Waals surface area contributed by atoms with Gasteiger partial charge < -0.3 is 15.0 Å². The Labute approximate surface area is 127 Å². The fraction of sp³-hybridized carbons (Fsp3) is 0.875. The van der Waals surface area contributed by atoms with Gasteiger partial charge in [-0.05, 0) is 39.0 Å². The van der Waals surface area contributed by atoms with Crippen LogP contribution in [0, 0.1) is 5.92 Å². The average molecular weight is 296 g/mol. The van der Waals surface area contributed by atoms with Crippen LogP contribution in [0.2, 0.25) is 0 Å². The second kappa shape index (κ2) is 7.78. The molecule has 5 heteroatoms. The molecule has 1 saturated carbocycles. The van der Waals surface area contributed by atoms with Crippen molar-refractivity contribution in [3.8, 4) is 0 Å². The number of ether oxygens (including phenoxy) is 1. The van der Waals surface area contributed by atoms with Gasteiger partial charge in [-0.15, -0.1) is 0 Å². The van der Waals surface area contributed by atoms with Crippen LogP contribution in [0.4, 0.5) is 0 Å². The first-order chi connectivity index (χ1) is 10.1. The van der Waals surface area contributed by atoms with E-state index in [9.17, 15) is 9.59 Å². The minimum Gasteiger partial charge on any atom is -0.382 e. The monoisotopic (exact) mass is 296 g/mol. The molecule has 120 valence electrons. The molecule has 0 radical (unpaired) electrons. The first kappa shape index (κ1) is 16.3. The number of nitrogens with one attached hydrogen (secondary N) is 1. The lowest BCUT2D eigenvalue weighted by Gasteiger charge is -2.42. The zero-order valence-electron chi connectivity index (χ0n) is 13.3. The molecular formula is C16H28N2O3. The molecule has 1 N–H and O–H groups in total. The molecule has 1 aliphatic heterocycles. The van der Waals surface area contributed by atoms with E-state index in [-0.39, 0.29) is 17.9 Å². The lowest BCUT2D eigenvalue weighted by Crippen LogP contribution is -2.64. The molecule has 2 aliphatic rings. The van der Waals surface area contributed by atoms with Gasteiger partial charge in [0.1, 0.15) is 12.1 Å². The first-order valence-electron chi connectivity index (χ1n) is 8.33. The van der Waals surface area contributed by atoms with Crippen molar-refractivity contribution in [2.45, 2.75) is 64.5 Å². The van der Waals surface area contributed by atoms with Crippen molar-refractivity contribution in [3.63, 3.8) is 0 Å². The summed E-state index contributed by atoms with van der Waals surface area (Å²) in [5, 5.41) is 2.85. The predicted molar refractivity (Wildman–Crippen MR) is 80.8 cm³/mol. The summed E-state index contributed by atoms with van der Waals surface area (Å²) in [7, 11) is 0. The summed E-state index contributed by atoms with van der Waals surface area (Å²) in [5.74, 6) is 0.411. The van der Waals surface area contributed by atoms with E-state index >= 15 is 0 Å². The fourth-order valence-corrected chi connectivity index (χ4v) is 3.54. The molecule has 0 aromatic rings. The molecule has 1 aliphatic carbocycles. The topological polar surface area (TPSA) is 58.6 Å². The van der Waals surface area contributed by atoms with Crippen LogP contribution >= 0.6 is 0 Å². The van der Waals surface area contributed by atoms with E-state index in [2.05, 4.69) is 5.32 Å². The van der Waals surface area contributed by atoms with E-state index in [1.807, 2.05) is 11.8 Å². The highest BCUT2D eigenvalue weighted by Crippen LogP contribution is 2.31. The third kappa shape index (κ3) is 3.96. The molecule has 2 amide bonds. The van der Waals surface area contributed by atoms with Crippen molar-refractivity contribution in [2.24, 2.45) is 5.92 Å². The molecule has 21 heavy (non-hydrogen) atoms. The van der Waals surface area contributed by atoms with Crippen molar-refractivity contribution >= 4 is 11.8 Å². The van der Waals surface area contributed by atoms with E-state index < -0.39 is 6.04 Å². The van der Waals surface area contributed by atoms with Crippen LogP contribution < -0.4 is 5.32 Å². The number of amides is 2. The normalized spacial score (nSPS) is 27.8. The highest BCUT2D eigenvalue weighted by atomic mass is 16.5. The molecular weight excluding hydrogens is 268 g/mol. The van der Waals surface area contributed by atoms with E-state index in [4.69, 9.17) is 4.74 Å². The maximum absolute atomic E-state index is 12.5. The Morgan fingerprint density at radius 3 is 2.62 bits per heavy atom. The summed E-state index contributed by atoms with van der Waals surface area (Å²) < 4.78 is 5.36. The number of hydrogen-bond donors (Lipinski definition) is 1. The van der Waals surface area contributed by atoms with Gasteiger partial charge in [0.2, 0.25) is 11.8 Å². The quantitative estimate of drug-likeness (QED) is 0.759. The van der Waals surface area contributed by atoms with Gasteiger partial charge >= 0.3 is 0 Å². The highest BCUT2D eigenvalue weighted by Gasteiger charge is 2.42. The zero-order valence-corrected chi connectivity index (χ0v) is 13.3. The number of rotatable bonds is 6. The smallest absolute Gasteiger partial charge is 0.245 e. The Morgan fingerprint density at radius 2 is 1.95 bits per heavy atom. The maximum atomic E-state index is 12.5. The van der Waals surface area contributed by atoms with Gasteiger partial charge in [-0.25, -0.2) is 0 Å². The summed E-state index contributed by atoms with van der Waals surface area (Å²) in [6, 6.07) is -0.667. The third-order valence-electron chi connectivity index (χ3n) is 4.60. The average Bonchev–Trinajstić information content (AvgIpc) is 2.49. The van der Waals surface area contributed by atoms with Crippen molar-refractivity contribution in [1.29, 1.82) is 0 Å². The summed E-state index contributed by atoms with van der Waals surface area (Å²) in [4.78, 5) is 26.7. The molecule has 1 heterocycles. The van der Waals surface area contributed by atoms with E-state index in [1.54, 1.807) is 6.92 Å². The number of carbonyl (C=O) groups is 2. The second-order valence-electron chi connectivity index (χ2n) is 6.16. The molecule has 0 aromatic heterocycles. The molecule has 1 saturated heterocycles. The first-order valence-corrected chi connectivity index (χ1v) is 8.33. The Balaban J connectivity index is 2.04. The fourth-order valence-electron chi connectivity index (χ4n) is 3.54. The highest BCUT2D eigenvalue weighted by molar-refractivity contribution is 5.96. The summed E-state index contributed by atoms with van der Waals surface area (Å²) in [5.41, 5.74) is 0. The van der Waals surface area contributed by atoms with Gasteiger partial charge in [0.05, 0.1) is 0 Å². The molecule has 0 bridgehead atoms. The standard InChI is InChI=1S/C16H28N2O3/c1-3-21-11-7-10-18-14(13-8-5-4-6-9-13)15(19)17-12(2)16(18)20/h12-14H,3-11H2,1-2H3,(H,17,19). The van der Waals surface area contributed by atoms with Gasteiger partial charge in [0.15, 0.2) is 0 Å². The van der Waals surface area contributed by atoms with Crippen molar-refractivity contribution in [1.82, 2.24) is 10.2 Å². The number of carbonyl (C=O) groups excluding carboxylic acids is 2. The van der Waals surface area contributed by atoms with Crippen LogP contribution in [-0.2, 0) is 14.3 Å². The lowest BCUT2D eigenvalue weighted by atomic mass is 9.81. The maximum Gasteiger partial charge on any atom is 0.245 e. The Bertz CT molecular complexity index is 367. The molecule has 2 fully saturated rings. The Kier molecular flexibility index (Phi) is 6.03. The summed E-state index contributed by atoms with van der Waals surface area (Å²) >= 11 is 0. The Morgan fingerprint density at radius 1 is 1.24 bits per heavy atom. The third-order valence-corrected chi connectivity index (χ3v) is 4.60. The number of nitrogens with zero attached hydrogens (tertiary/aromatic N) is 1. The zero-order chi connectivity index (χ0) is 15.2. The number of hydrogen-bond acceptors (Lipinski definition) is 3. The van der Waals surface area contributed by atoms with Crippen molar-refractivity contribution < 1.29 is 14.3 Å². The Hall–Kier alpha value is -1.10. The summed E-state index contributed by atoms with van der Waals surface area (Å²) in [6.45, 7) is 5.70. The van der Waals surface area contributed by atoms with Gasteiger partial charge in [-0.3, -0.25) is 9.59 Å². The SMILES string of the molecule is CCOCCCN1C(=O)C(C)NC(=O)C1C1CCCCC1. The van der Waals surface area contributed by atoms with E-state index in [1.165, 1.54) is 19.3 Å². The van der Waals surface area contributed by atoms with Crippen LogP contribution in [0.1, 0.15) is 52.4 Å². The predicted octanol–water partition coefficient (Wildman–Crippen LogP) is 1.71. The van der Waals surface area contributed by atoms with E-state index in [0.29, 0.717) is 25.7 Å². The molecule has 2 atom stereocenters. The van der Waals surface area contributed by atoms with Crippen molar-refractivity contribution in [2.75, 3.05) is 19.8 Å². The van der Waals surface area contributed by atoms with Gasteiger partial charge in [-0.1, -0.05) is 19.3 Å². The molecule has 2 rings (SSSR count). The van der Waals surface area contributed by atoms with Crippen LogP contribution in [0.3, 0.4) is 0 Å². The van der Waals surface area contributed by atoms with Crippen molar-refractivity contribution in [3.05, 3.63) is 0 Å². The van der Waals surface area contributed by atoms with Gasteiger partial charge in [0.25, 0.3) is 0 Å². The van der Waals surface area contributed by atoms with Gasteiger partial charge in [0, 0.05) is 19.8 Å². The minimum absolute atomic E-state index is 0.0328. The molecule has 2 unspecified atom stereocenters. The van der Waals surface area contributed by atoms with Crippen LogP contribution in [0.5, 0.6) is 0 Å². The molecule has 0 aromatic carbocycles.